The Morgan fingerprint density at radius 3 is 2.44 bits per heavy atom. The molecule has 0 radical (unpaired) electrons. The molecule has 18 heavy (non-hydrogen) atoms. The van der Waals surface area contributed by atoms with Gasteiger partial charge in [-0.25, -0.2) is 13.1 Å². The summed E-state index contributed by atoms with van der Waals surface area (Å²) >= 11 is 0. The average molecular weight is 268 g/mol. The Morgan fingerprint density at radius 1 is 1.33 bits per heavy atom. The molecule has 7 heteroatoms. The first kappa shape index (κ1) is 14.2. The van der Waals surface area contributed by atoms with Crippen molar-refractivity contribution < 1.29 is 13.3 Å². The summed E-state index contributed by atoms with van der Waals surface area (Å²) in [6.45, 7) is 0.240. The number of unbranched alkanes of at least 4 members (excludes halogenated alkanes) is 1. The minimum Gasteiger partial charge on any atom is -0.258 e. The third-order valence-electron chi connectivity index (χ3n) is 2.15. The number of rotatable bonds is 6. The van der Waals surface area contributed by atoms with E-state index in [4.69, 9.17) is 6.42 Å². The molecule has 96 valence electrons. The maximum Gasteiger partial charge on any atom is 0.269 e. The van der Waals surface area contributed by atoms with Gasteiger partial charge in [-0.1, -0.05) is 0 Å². The third-order valence-corrected chi connectivity index (χ3v) is 3.62. The fraction of sp³-hybridized carbons (Fsp3) is 0.273. The van der Waals surface area contributed by atoms with E-state index >= 15 is 0 Å². The van der Waals surface area contributed by atoms with Crippen molar-refractivity contribution in [3.8, 4) is 12.3 Å². The highest BCUT2D eigenvalue weighted by Gasteiger charge is 2.14. The van der Waals surface area contributed by atoms with Gasteiger partial charge >= 0.3 is 0 Å². The van der Waals surface area contributed by atoms with E-state index in [0.29, 0.717) is 12.8 Å². The molecule has 0 aliphatic heterocycles. The summed E-state index contributed by atoms with van der Waals surface area (Å²) in [6.07, 6.45) is 6.08. The lowest BCUT2D eigenvalue weighted by molar-refractivity contribution is -0.384. The molecule has 0 aromatic heterocycles. The number of nitrogens with one attached hydrogen (secondary N) is 1. The van der Waals surface area contributed by atoms with Gasteiger partial charge in [-0.05, 0) is 18.6 Å². The van der Waals surface area contributed by atoms with E-state index < -0.39 is 14.9 Å². The summed E-state index contributed by atoms with van der Waals surface area (Å²) in [6, 6.07) is 4.69. The second-order valence-corrected chi connectivity index (χ2v) is 5.22. The molecule has 0 amide bonds. The van der Waals surface area contributed by atoms with E-state index in [2.05, 4.69) is 10.6 Å². The van der Waals surface area contributed by atoms with Gasteiger partial charge in [0, 0.05) is 25.1 Å². The van der Waals surface area contributed by atoms with E-state index in [1.54, 1.807) is 0 Å². The third kappa shape index (κ3) is 3.84. The average Bonchev–Trinajstić information content (AvgIpc) is 2.35. The molecule has 1 aromatic carbocycles. The van der Waals surface area contributed by atoms with Gasteiger partial charge in [0.05, 0.1) is 9.82 Å². The summed E-state index contributed by atoms with van der Waals surface area (Å²) in [5.41, 5.74) is -0.152. The molecule has 0 aliphatic rings. The van der Waals surface area contributed by atoms with Crippen LogP contribution in [0.25, 0.3) is 0 Å². The maximum absolute atomic E-state index is 11.7. The molecule has 0 fully saturated rings. The summed E-state index contributed by atoms with van der Waals surface area (Å²) in [4.78, 5) is 9.84. The van der Waals surface area contributed by atoms with Gasteiger partial charge in [0.1, 0.15) is 0 Å². The fourth-order valence-electron chi connectivity index (χ4n) is 1.23. The summed E-state index contributed by atoms with van der Waals surface area (Å²) in [5, 5.41) is 10.4. The van der Waals surface area contributed by atoms with Crippen LogP contribution in [0.5, 0.6) is 0 Å². The van der Waals surface area contributed by atoms with Crippen LogP contribution in [0.3, 0.4) is 0 Å². The number of benzene rings is 1. The number of hydrogen-bond donors (Lipinski definition) is 1. The molecule has 0 saturated heterocycles. The Morgan fingerprint density at radius 2 is 1.94 bits per heavy atom. The topological polar surface area (TPSA) is 89.3 Å². The molecule has 1 aromatic rings. The zero-order chi connectivity index (χ0) is 13.6. The SMILES string of the molecule is C#CCCCNS(=O)(=O)c1ccc([N+](=O)[O-])cc1. The normalized spacial score (nSPS) is 10.8. The molecule has 0 atom stereocenters. The number of terminal acetylenes is 1. The molecule has 0 unspecified atom stereocenters. The monoisotopic (exact) mass is 268 g/mol. The first-order chi connectivity index (χ1) is 8.47. The lowest BCUT2D eigenvalue weighted by atomic mass is 10.3. The van der Waals surface area contributed by atoms with Crippen LogP contribution in [0.1, 0.15) is 12.8 Å². The van der Waals surface area contributed by atoms with Crippen LogP contribution in [0, 0.1) is 22.5 Å². The van der Waals surface area contributed by atoms with Crippen molar-refractivity contribution in [2.24, 2.45) is 0 Å². The van der Waals surface area contributed by atoms with E-state index in [9.17, 15) is 18.5 Å². The quantitative estimate of drug-likeness (QED) is 0.364. The van der Waals surface area contributed by atoms with Crippen LogP contribution in [0.2, 0.25) is 0 Å². The van der Waals surface area contributed by atoms with Gasteiger partial charge in [0.25, 0.3) is 5.69 Å². The van der Waals surface area contributed by atoms with Gasteiger partial charge in [0.15, 0.2) is 0 Å². The predicted octanol–water partition coefficient (Wildman–Crippen LogP) is 1.29. The minimum absolute atomic E-state index is 0.00573. The van der Waals surface area contributed by atoms with Gasteiger partial charge in [-0.3, -0.25) is 10.1 Å². The van der Waals surface area contributed by atoms with Gasteiger partial charge in [-0.2, -0.15) is 0 Å². The standard InChI is InChI=1S/C11H12N2O4S/c1-2-3-4-9-12-18(16,17)11-7-5-10(6-8-11)13(14)15/h1,5-8,12H,3-4,9H2. The predicted molar refractivity (Wildman–Crippen MR) is 66.4 cm³/mol. The molecule has 0 saturated carbocycles. The van der Waals surface area contributed by atoms with Crippen molar-refractivity contribution in [1.29, 1.82) is 0 Å². The summed E-state index contributed by atoms with van der Waals surface area (Å²) in [5.74, 6) is 2.40. The molecule has 1 rings (SSSR count). The fourth-order valence-corrected chi connectivity index (χ4v) is 2.30. The van der Waals surface area contributed by atoms with Crippen molar-refractivity contribution in [3.05, 3.63) is 34.4 Å². The Hall–Kier alpha value is -1.91. The zero-order valence-electron chi connectivity index (χ0n) is 9.50. The van der Waals surface area contributed by atoms with E-state index in [0.717, 1.165) is 12.1 Å². The first-order valence-electron chi connectivity index (χ1n) is 5.15. The van der Waals surface area contributed by atoms with Crippen LogP contribution in [0.4, 0.5) is 5.69 Å². The van der Waals surface area contributed by atoms with Crippen LogP contribution in [0.15, 0.2) is 29.2 Å². The second-order valence-electron chi connectivity index (χ2n) is 3.46. The van der Waals surface area contributed by atoms with Crippen LogP contribution >= 0.6 is 0 Å². The Kier molecular flexibility index (Phi) is 4.83. The lowest BCUT2D eigenvalue weighted by Gasteiger charge is -2.05. The van der Waals surface area contributed by atoms with Gasteiger partial charge < -0.3 is 0 Å². The summed E-state index contributed by atoms with van der Waals surface area (Å²) < 4.78 is 25.9. The Bertz CT molecular complexity index is 558. The highest BCUT2D eigenvalue weighted by molar-refractivity contribution is 7.89. The number of sulfonamides is 1. The smallest absolute Gasteiger partial charge is 0.258 e. The van der Waals surface area contributed by atoms with Crippen molar-refractivity contribution in [1.82, 2.24) is 4.72 Å². The van der Waals surface area contributed by atoms with Crippen molar-refractivity contribution >= 4 is 15.7 Å². The van der Waals surface area contributed by atoms with Crippen LogP contribution in [-0.2, 0) is 10.0 Å². The van der Waals surface area contributed by atoms with Crippen molar-refractivity contribution in [2.75, 3.05) is 6.54 Å². The highest BCUT2D eigenvalue weighted by Crippen LogP contribution is 2.15. The molecule has 6 nitrogen and oxygen atoms in total. The second kappa shape index (κ2) is 6.14. The Labute approximate surface area is 105 Å². The minimum atomic E-state index is -3.62. The van der Waals surface area contributed by atoms with Crippen LogP contribution < -0.4 is 4.72 Å². The number of hydrogen-bond acceptors (Lipinski definition) is 4. The molecule has 1 N–H and O–H groups in total. The molecular formula is C11H12N2O4S. The Balaban J connectivity index is 2.73. The highest BCUT2D eigenvalue weighted by atomic mass is 32.2. The summed E-state index contributed by atoms with van der Waals surface area (Å²) in [7, 11) is -3.62. The van der Waals surface area contributed by atoms with Gasteiger partial charge in [-0.15, -0.1) is 12.3 Å². The first-order valence-corrected chi connectivity index (χ1v) is 6.63. The maximum atomic E-state index is 11.7. The molecule has 0 spiro atoms. The number of nitro benzene ring substituents is 1. The van der Waals surface area contributed by atoms with E-state index in [-0.39, 0.29) is 17.1 Å². The number of nitrogens with zero attached hydrogens (tertiary/aromatic N) is 1. The van der Waals surface area contributed by atoms with Crippen molar-refractivity contribution in [3.63, 3.8) is 0 Å². The van der Waals surface area contributed by atoms with Gasteiger partial charge in [0.2, 0.25) is 10.0 Å². The molecule has 0 heterocycles. The lowest BCUT2D eigenvalue weighted by Crippen LogP contribution is -2.24. The zero-order valence-corrected chi connectivity index (χ0v) is 10.3. The van der Waals surface area contributed by atoms with E-state index in [1.165, 1.54) is 12.1 Å². The number of non-ortho nitro benzene ring substituents is 1. The number of nitro groups is 1. The van der Waals surface area contributed by atoms with E-state index in [1.807, 2.05) is 0 Å². The van der Waals surface area contributed by atoms with Crippen LogP contribution in [-0.4, -0.2) is 19.9 Å². The molecule has 0 bridgehead atoms. The van der Waals surface area contributed by atoms with Crippen molar-refractivity contribution in [2.45, 2.75) is 17.7 Å². The largest absolute Gasteiger partial charge is 0.269 e. The molecule has 0 aliphatic carbocycles. The molecular weight excluding hydrogens is 256 g/mol.